The molecule has 0 aliphatic carbocycles. The Bertz CT molecular complexity index is 463. The van der Waals surface area contributed by atoms with E-state index in [9.17, 15) is 4.57 Å². The first-order valence-electron chi connectivity index (χ1n) is 8.73. The highest BCUT2D eigenvalue weighted by atomic mass is 31.2. The number of morpholine rings is 1. The van der Waals surface area contributed by atoms with Gasteiger partial charge in [-0.2, -0.15) is 0 Å². The zero-order valence-electron chi connectivity index (χ0n) is 15.7. The second kappa shape index (κ2) is 9.36. The molecule has 0 aromatic carbocycles. The lowest BCUT2D eigenvalue weighted by Crippen LogP contribution is -2.49. The third kappa shape index (κ3) is 5.80. The topological polar surface area (TPSA) is 60.5 Å². The van der Waals surface area contributed by atoms with Crippen molar-refractivity contribution in [2.45, 2.75) is 44.0 Å². The fraction of sp³-hybridized carbons (Fsp3) is 1.00. The molecule has 2 aliphatic rings. The van der Waals surface area contributed by atoms with Crippen molar-refractivity contribution in [1.82, 2.24) is 9.34 Å². The van der Waals surface area contributed by atoms with E-state index in [0.717, 1.165) is 12.8 Å². The van der Waals surface area contributed by atoms with Gasteiger partial charge in [0.05, 0.1) is 25.4 Å². The van der Waals surface area contributed by atoms with Gasteiger partial charge in [0.25, 0.3) is 0 Å². The van der Waals surface area contributed by atoms with Gasteiger partial charge >= 0.3 is 7.67 Å². The number of ether oxygens (including phenoxy) is 3. The molecule has 7 nitrogen and oxygen atoms in total. The van der Waals surface area contributed by atoms with Gasteiger partial charge in [0.1, 0.15) is 15.7 Å². The maximum absolute atomic E-state index is 13.6. The highest BCUT2D eigenvalue weighted by Crippen LogP contribution is 2.53. The van der Waals surface area contributed by atoms with Crippen LogP contribution in [0.15, 0.2) is 0 Å². The van der Waals surface area contributed by atoms with E-state index in [1.807, 2.05) is 0 Å². The molecular formula is C15H29B2N2O5P. The van der Waals surface area contributed by atoms with Crippen molar-refractivity contribution in [2.75, 3.05) is 47.5 Å². The van der Waals surface area contributed by atoms with Crippen molar-refractivity contribution < 1.29 is 23.3 Å². The van der Waals surface area contributed by atoms with Gasteiger partial charge in [0.2, 0.25) is 0 Å². The van der Waals surface area contributed by atoms with Gasteiger partial charge in [0, 0.05) is 32.2 Å². The maximum Gasteiger partial charge on any atom is 0.345 e. The summed E-state index contributed by atoms with van der Waals surface area (Å²) in [5.41, 5.74) is 0. The number of hydrogen-bond acceptors (Lipinski definition) is 5. The van der Waals surface area contributed by atoms with Crippen LogP contribution in [0.3, 0.4) is 0 Å². The van der Waals surface area contributed by atoms with Crippen LogP contribution < -0.4 is 0 Å². The summed E-state index contributed by atoms with van der Waals surface area (Å²) in [6.07, 6.45) is 1.27. The average Bonchev–Trinajstić information content (AvgIpc) is 2.51. The molecule has 0 aromatic rings. The minimum Gasteiger partial charge on any atom is -0.382 e. The summed E-state index contributed by atoms with van der Waals surface area (Å²) in [5.74, 6) is 0.457. The smallest absolute Gasteiger partial charge is 0.345 e. The van der Waals surface area contributed by atoms with Gasteiger partial charge in [-0.05, 0) is 32.9 Å². The van der Waals surface area contributed by atoms with E-state index in [4.69, 9.17) is 34.4 Å². The summed E-state index contributed by atoms with van der Waals surface area (Å²) in [6.45, 7) is 3.51. The van der Waals surface area contributed by atoms with Crippen molar-refractivity contribution in [3.05, 3.63) is 0 Å². The third-order valence-corrected chi connectivity index (χ3v) is 7.02. The van der Waals surface area contributed by atoms with Crippen LogP contribution >= 0.6 is 7.67 Å². The minimum absolute atomic E-state index is 0.156. The normalized spacial score (nSPS) is 37.1. The Morgan fingerprint density at radius 2 is 1.80 bits per heavy atom. The summed E-state index contributed by atoms with van der Waals surface area (Å²) >= 11 is 0. The van der Waals surface area contributed by atoms with E-state index in [1.54, 1.807) is 30.5 Å². The molecule has 2 fully saturated rings. The second-order valence-corrected chi connectivity index (χ2v) is 9.74. The monoisotopic (exact) mass is 370 g/mol. The van der Waals surface area contributed by atoms with Gasteiger partial charge in [0.15, 0.2) is 0 Å². The molecule has 0 spiro atoms. The SMILES string of the molecule is [B][C@H]1CC(C)C[C@@H](COP(=O)(N(C)C)N2C[C@@H](COC)O[C@@H]([B])C2)O1. The van der Waals surface area contributed by atoms with Crippen molar-refractivity contribution >= 4 is 23.4 Å². The van der Waals surface area contributed by atoms with Crippen molar-refractivity contribution in [1.29, 1.82) is 0 Å². The van der Waals surface area contributed by atoms with Crippen LogP contribution in [0.1, 0.15) is 19.8 Å². The quantitative estimate of drug-likeness (QED) is 0.486. The molecule has 6 atom stereocenters. The Kier molecular flexibility index (Phi) is 8.02. The lowest BCUT2D eigenvalue weighted by molar-refractivity contribution is -0.0694. The zero-order valence-corrected chi connectivity index (χ0v) is 16.6. The molecule has 2 rings (SSSR count). The average molecular weight is 370 g/mol. The molecule has 2 saturated heterocycles. The molecule has 0 saturated carbocycles. The van der Waals surface area contributed by atoms with Gasteiger partial charge < -0.3 is 18.7 Å². The first kappa shape index (κ1) is 21.4. The Hall–Kier alpha value is 0.120. The van der Waals surface area contributed by atoms with Gasteiger partial charge in [-0.1, -0.05) is 6.92 Å². The number of nitrogens with zero attached hydrogens (tertiary/aromatic N) is 2. The lowest BCUT2D eigenvalue weighted by atomic mass is 9.84. The van der Waals surface area contributed by atoms with E-state index >= 15 is 0 Å². The highest BCUT2D eigenvalue weighted by Gasteiger charge is 2.41. The largest absolute Gasteiger partial charge is 0.382 e. The molecule has 2 heterocycles. The van der Waals surface area contributed by atoms with Crippen molar-refractivity contribution in [2.24, 2.45) is 5.92 Å². The number of hydrogen-bond donors (Lipinski definition) is 0. The van der Waals surface area contributed by atoms with Gasteiger partial charge in [-0.3, -0.25) is 4.57 Å². The predicted octanol–water partition coefficient (Wildman–Crippen LogP) is 0.824. The van der Waals surface area contributed by atoms with E-state index in [0.29, 0.717) is 25.6 Å². The highest BCUT2D eigenvalue weighted by molar-refractivity contribution is 7.53. The fourth-order valence-electron chi connectivity index (χ4n) is 3.37. The first-order chi connectivity index (χ1) is 11.7. The van der Waals surface area contributed by atoms with Gasteiger partial charge in [-0.25, -0.2) is 9.34 Å². The molecule has 0 bridgehead atoms. The van der Waals surface area contributed by atoms with Crippen LogP contribution in [-0.2, 0) is 23.3 Å². The van der Waals surface area contributed by atoms with Crippen LogP contribution in [0.4, 0.5) is 0 Å². The summed E-state index contributed by atoms with van der Waals surface area (Å²) in [6, 6.07) is -0.830. The fourth-order valence-corrected chi connectivity index (χ4v) is 5.39. The Balaban J connectivity index is 2.03. The summed E-state index contributed by atoms with van der Waals surface area (Å²) in [7, 11) is 13.7. The van der Waals surface area contributed by atoms with Crippen LogP contribution in [0.2, 0.25) is 0 Å². The minimum atomic E-state index is -3.24. The van der Waals surface area contributed by atoms with Gasteiger partial charge in [-0.15, -0.1) is 0 Å². The molecule has 10 heteroatoms. The van der Waals surface area contributed by atoms with E-state index in [1.165, 1.54) is 0 Å². The number of methoxy groups -OCH3 is 1. The molecule has 0 N–H and O–H groups in total. The standard InChI is InChI=1S/C15H29B2N2O5P/c1-11-5-12(23-14(16)6-11)10-22-25(20,18(2)3)19-7-13(9-21-4)24-15(17)8-19/h11-15H,5-10H2,1-4H3/t11?,12-,13-,14+,15+,25?/m0/s1. The molecule has 2 unspecified atom stereocenters. The molecule has 0 aromatic heterocycles. The molecule has 25 heavy (non-hydrogen) atoms. The summed E-state index contributed by atoms with van der Waals surface area (Å²) in [5, 5.41) is 0. The Labute approximate surface area is 154 Å². The zero-order chi connectivity index (χ0) is 18.6. The number of rotatable bonds is 7. The Morgan fingerprint density at radius 3 is 2.40 bits per heavy atom. The summed E-state index contributed by atoms with van der Waals surface area (Å²) in [4.78, 5) is 0. The molecule has 0 amide bonds. The molecule has 2 aliphatic heterocycles. The second-order valence-electron chi connectivity index (χ2n) is 7.13. The summed E-state index contributed by atoms with van der Waals surface area (Å²) < 4.78 is 39.3. The predicted molar refractivity (Wildman–Crippen MR) is 97.9 cm³/mol. The first-order valence-corrected chi connectivity index (χ1v) is 10.3. The maximum atomic E-state index is 13.6. The van der Waals surface area contributed by atoms with Crippen LogP contribution in [0.5, 0.6) is 0 Å². The van der Waals surface area contributed by atoms with E-state index in [-0.39, 0.29) is 24.8 Å². The molecule has 4 radical (unpaired) electrons. The van der Waals surface area contributed by atoms with E-state index < -0.39 is 13.7 Å². The lowest BCUT2D eigenvalue weighted by Gasteiger charge is -2.42. The van der Waals surface area contributed by atoms with Crippen molar-refractivity contribution in [3.63, 3.8) is 0 Å². The van der Waals surface area contributed by atoms with Crippen LogP contribution in [-0.4, -0.2) is 96.8 Å². The third-order valence-electron chi connectivity index (χ3n) is 4.48. The molecular weight excluding hydrogens is 341 g/mol. The Morgan fingerprint density at radius 1 is 1.12 bits per heavy atom. The van der Waals surface area contributed by atoms with Crippen LogP contribution in [0.25, 0.3) is 0 Å². The van der Waals surface area contributed by atoms with E-state index in [2.05, 4.69) is 6.92 Å². The molecule has 140 valence electrons. The van der Waals surface area contributed by atoms with Crippen molar-refractivity contribution in [3.8, 4) is 0 Å². The van der Waals surface area contributed by atoms with Crippen LogP contribution in [0, 0.1) is 5.92 Å².